The predicted molar refractivity (Wildman–Crippen MR) is 60.5 cm³/mol. The van der Waals surface area contributed by atoms with E-state index in [1.807, 2.05) is 41.7 Å². The summed E-state index contributed by atoms with van der Waals surface area (Å²) in [5.41, 5.74) is 7.89. The molecule has 2 rings (SSSR count). The summed E-state index contributed by atoms with van der Waals surface area (Å²) >= 11 is 0. The molecule has 0 saturated heterocycles. The summed E-state index contributed by atoms with van der Waals surface area (Å²) in [4.78, 5) is 6.09. The number of amidine groups is 1. The van der Waals surface area contributed by atoms with Crippen molar-refractivity contribution in [1.29, 1.82) is 5.41 Å². The maximum absolute atomic E-state index is 7.40. The Bertz CT molecular complexity index is 512. The number of hydrogen-bond donors (Lipinski definition) is 2. The van der Waals surface area contributed by atoms with E-state index in [0.29, 0.717) is 5.69 Å². The third-order valence-corrected chi connectivity index (χ3v) is 2.29. The van der Waals surface area contributed by atoms with Gasteiger partial charge in [0.05, 0.1) is 5.52 Å². The number of imidazole rings is 1. The van der Waals surface area contributed by atoms with Gasteiger partial charge >= 0.3 is 0 Å². The molecule has 0 aliphatic heterocycles. The molecule has 0 aliphatic rings. The Hall–Kier alpha value is -2.04. The lowest BCUT2D eigenvalue weighted by molar-refractivity contribution is 1.10. The van der Waals surface area contributed by atoms with E-state index in [-0.39, 0.29) is 5.84 Å². The normalized spacial score (nSPS) is 10.5. The molecule has 0 fully saturated rings. The summed E-state index contributed by atoms with van der Waals surface area (Å²) in [5, 5.41) is 7.40. The first-order valence-electron chi connectivity index (χ1n) is 4.58. The molecule has 5 nitrogen and oxygen atoms in total. The zero-order chi connectivity index (χ0) is 11.0. The minimum absolute atomic E-state index is 0.00611. The molecular formula is C10H13N5. The second-order valence-electron chi connectivity index (χ2n) is 3.58. The van der Waals surface area contributed by atoms with E-state index >= 15 is 0 Å². The molecule has 78 valence electrons. The maximum Gasteiger partial charge on any atom is 0.144 e. The Kier molecular flexibility index (Phi) is 2.07. The maximum atomic E-state index is 7.40. The van der Waals surface area contributed by atoms with Crippen LogP contribution in [0.25, 0.3) is 5.52 Å². The highest BCUT2D eigenvalue weighted by Gasteiger charge is 2.07. The van der Waals surface area contributed by atoms with E-state index in [1.54, 1.807) is 6.33 Å². The molecule has 0 amide bonds. The molecule has 0 saturated carbocycles. The van der Waals surface area contributed by atoms with Gasteiger partial charge in [0.15, 0.2) is 0 Å². The van der Waals surface area contributed by atoms with Gasteiger partial charge in [0.25, 0.3) is 0 Å². The van der Waals surface area contributed by atoms with Gasteiger partial charge < -0.3 is 15.0 Å². The smallest absolute Gasteiger partial charge is 0.144 e. The van der Waals surface area contributed by atoms with Crippen LogP contribution in [-0.2, 0) is 0 Å². The number of anilines is 1. The number of nitrogens with zero attached hydrogens (tertiary/aromatic N) is 3. The average Bonchev–Trinajstić information content (AvgIpc) is 2.59. The number of hydrogen-bond acceptors (Lipinski definition) is 3. The zero-order valence-corrected chi connectivity index (χ0v) is 8.73. The predicted octanol–water partition coefficient (Wildman–Crippen LogP) is 0.684. The minimum Gasteiger partial charge on any atom is -0.382 e. The summed E-state index contributed by atoms with van der Waals surface area (Å²) in [6.45, 7) is 0. The molecule has 2 heterocycles. The van der Waals surface area contributed by atoms with Crippen LogP contribution in [0.5, 0.6) is 0 Å². The summed E-state index contributed by atoms with van der Waals surface area (Å²) in [6, 6.07) is 3.95. The van der Waals surface area contributed by atoms with Crippen LogP contribution in [0.4, 0.5) is 5.69 Å². The van der Waals surface area contributed by atoms with Gasteiger partial charge in [-0.25, -0.2) is 4.98 Å². The van der Waals surface area contributed by atoms with Crippen molar-refractivity contribution in [2.75, 3.05) is 19.0 Å². The molecule has 0 aromatic carbocycles. The Morgan fingerprint density at radius 2 is 2.27 bits per heavy atom. The van der Waals surface area contributed by atoms with Crippen molar-refractivity contribution in [2.24, 2.45) is 5.73 Å². The van der Waals surface area contributed by atoms with Gasteiger partial charge in [0.2, 0.25) is 0 Å². The second-order valence-corrected chi connectivity index (χ2v) is 3.58. The van der Waals surface area contributed by atoms with Crippen molar-refractivity contribution in [2.45, 2.75) is 0 Å². The van der Waals surface area contributed by atoms with E-state index in [9.17, 15) is 0 Å². The SMILES string of the molecule is CN(C)c1ccn2cnc(C(=N)N)c2c1. The number of pyridine rings is 1. The Morgan fingerprint density at radius 1 is 1.53 bits per heavy atom. The van der Waals surface area contributed by atoms with Gasteiger partial charge in [-0.05, 0) is 12.1 Å². The lowest BCUT2D eigenvalue weighted by Crippen LogP contribution is -2.12. The van der Waals surface area contributed by atoms with E-state index in [1.165, 1.54) is 0 Å². The Morgan fingerprint density at radius 3 is 2.87 bits per heavy atom. The highest BCUT2D eigenvalue weighted by atomic mass is 15.1. The number of rotatable bonds is 2. The van der Waals surface area contributed by atoms with Gasteiger partial charge in [-0.15, -0.1) is 0 Å². The molecule has 0 aliphatic carbocycles. The number of aromatic nitrogens is 2. The molecular weight excluding hydrogens is 190 g/mol. The fraction of sp³-hybridized carbons (Fsp3) is 0.200. The van der Waals surface area contributed by atoms with Gasteiger partial charge in [0.1, 0.15) is 17.9 Å². The summed E-state index contributed by atoms with van der Waals surface area (Å²) in [6.07, 6.45) is 3.57. The standard InChI is InChI=1S/C10H13N5/c1-14(2)7-3-4-15-6-13-9(10(11)12)8(15)5-7/h3-6H,1-2H3,(H3,11,12). The third-order valence-electron chi connectivity index (χ3n) is 2.29. The van der Waals surface area contributed by atoms with Crippen LogP contribution in [0, 0.1) is 5.41 Å². The lowest BCUT2D eigenvalue weighted by atomic mass is 10.3. The van der Waals surface area contributed by atoms with Crippen LogP contribution in [0.2, 0.25) is 0 Å². The molecule has 5 heteroatoms. The number of nitrogen functional groups attached to an aromatic ring is 1. The van der Waals surface area contributed by atoms with E-state index in [4.69, 9.17) is 11.1 Å². The van der Waals surface area contributed by atoms with E-state index in [2.05, 4.69) is 4.98 Å². The first-order valence-corrected chi connectivity index (χ1v) is 4.58. The summed E-state index contributed by atoms with van der Waals surface area (Å²) in [7, 11) is 3.94. The largest absolute Gasteiger partial charge is 0.382 e. The number of nitrogens with two attached hydrogens (primary N) is 1. The third kappa shape index (κ3) is 1.52. The van der Waals surface area contributed by atoms with Crippen LogP contribution in [-0.4, -0.2) is 29.3 Å². The highest BCUT2D eigenvalue weighted by Crippen LogP contribution is 2.16. The molecule has 0 spiro atoms. The molecule has 2 aromatic heterocycles. The van der Waals surface area contributed by atoms with Crippen LogP contribution >= 0.6 is 0 Å². The van der Waals surface area contributed by atoms with Gasteiger partial charge in [0, 0.05) is 26.0 Å². The number of fused-ring (bicyclic) bond motifs is 1. The van der Waals surface area contributed by atoms with Crippen LogP contribution < -0.4 is 10.6 Å². The molecule has 0 radical (unpaired) electrons. The highest BCUT2D eigenvalue weighted by molar-refractivity contribution is 6.00. The van der Waals surface area contributed by atoms with Crippen LogP contribution in [0.1, 0.15) is 5.69 Å². The molecule has 0 atom stereocenters. The van der Waals surface area contributed by atoms with Crippen molar-refractivity contribution < 1.29 is 0 Å². The molecule has 3 N–H and O–H groups in total. The Balaban J connectivity index is 2.66. The topological polar surface area (TPSA) is 70.4 Å². The average molecular weight is 203 g/mol. The van der Waals surface area contributed by atoms with E-state index in [0.717, 1.165) is 11.2 Å². The minimum atomic E-state index is -0.00611. The van der Waals surface area contributed by atoms with Gasteiger partial charge in [-0.2, -0.15) is 0 Å². The zero-order valence-electron chi connectivity index (χ0n) is 8.73. The monoisotopic (exact) mass is 203 g/mol. The van der Waals surface area contributed by atoms with Crippen LogP contribution in [0.15, 0.2) is 24.7 Å². The second kappa shape index (κ2) is 3.27. The lowest BCUT2D eigenvalue weighted by Gasteiger charge is -2.12. The molecule has 0 unspecified atom stereocenters. The summed E-state index contributed by atoms with van der Waals surface area (Å²) < 4.78 is 1.85. The van der Waals surface area contributed by atoms with Crippen molar-refractivity contribution in [1.82, 2.24) is 9.38 Å². The first-order chi connectivity index (χ1) is 7.09. The fourth-order valence-corrected chi connectivity index (χ4v) is 1.46. The molecule has 2 aromatic rings. The summed E-state index contributed by atoms with van der Waals surface area (Å²) in [5.74, 6) is -0.00611. The van der Waals surface area contributed by atoms with Crippen LogP contribution in [0.3, 0.4) is 0 Å². The molecule has 0 bridgehead atoms. The van der Waals surface area contributed by atoms with Crippen molar-refractivity contribution in [3.05, 3.63) is 30.4 Å². The van der Waals surface area contributed by atoms with Crippen molar-refractivity contribution >= 4 is 17.0 Å². The Labute approximate surface area is 87.6 Å². The van der Waals surface area contributed by atoms with Crippen molar-refractivity contribution in [3.63, 3.8) is 0 Å². The van der Waals surface area contributed by atoms with E-state index < -0.39 is 0 Å². The van der Waals surface area contributed by atoms with Gasteiger partial charge in [-0.1, -0.05) is 0 Å². The molecule has 15 heavy (non-hydrogen) atoms. The van der Waals surface area contributed by atoms with Crippen molar-refractivity contribution in [3.8, 4) is 0 Å². The quantitative estimate of drug-likeness (QED) is 0.557. The first kappa shape index (κ1) is 9.51. The van der Waals surface area contributed by atoms with Gasteiger partial charge in [-0.3, -0.25) is 5.41 Å². The number of nitrogens with one attached hydrogen (secondary N) is 1. The fourth-order valence-electron chi connectivity index (χ4n) is 1.46.